The summed E-state index contributed by atoms with van der Waals surface area (Å²) < 4.78 is 17.1. The normalized spacial score (nSPS) is 13.3. The van der Waals surface area contributed by atoms with E-state index in [9.17, 15) is 19.5 Å². The zero-order valence-electron chi connectivity index (χ0n) is 38.2. The summed E-state index contributed by atoms with van der Waals surface area (Å²) in [5.74, 6) is -1.83. The zero-order chi connectivity index (χ0) is 42.8. The van der Waals surface area contributed by atoms with Gasteiger partial charge in [-0.05, 0) is 38.5 Å². The Labute approximate surface area is 356 Å². The molecule has 0 amide bonds. The number of carboxylic acids is 1. The molecule has 2 atom stereocenters. The number of hydrogen-bond acceptors (Lipinski definition) is 7. The van der Waals surface area contributed by atoms with Crippen molar-refractivity contribution in [3.05, 3.63) is 48.6 Å². The molecule has 8 nitrogen and oxygen atoms in total. The van der Waals surface area contributed by atoms with Gasteiger partial charge < -0.3 is 28.6 Å². The number of unbranched alkanes of at least 4 members (excludes halogenated alkanes) is 20. The monoisotopic (exact) mass is 816 g/mol. The summed E-state index contributed by atoms with van der Waals surface area (Å²) >= 11 is 0. The highest BCUT2D eigenvalue weighted by molar-refractivity contribution is 5.70. The van der Waals surface area contributed by atoms with Crippen LogP contribution in [0, 0.1) is 0 Å². The van der Waals surface area contributed by atoms with Crippen molar-refractivity contribution >= 4 is 17.9 Å². The number of ether oxygens (including phenoxy) is 3. The maximum atomic E-state index is 12.7. The standard InChI is InChI=1S/C50H89NO7/c1-6-8-10-12-14-16-18-20-21-22-23-24-25-26-27-29-30-32-34-36-38-40-48(52)57-45-46(44-56-43-42-47(50(54)55)51(3,4)5)58-49(53)41-39-37-35-33-31-28-19-17-15-13-11-9-7-2/h9,11,15,17,28,31,35,37,46-47H,6-8,10,12-14,16,18-27,29-30,32-34,36,38-45H2,1-5H3/b11-9-,17-15-,31-28-,37-35-. The Bertz CT molecular complexity index is 1090. The highest BCUT2D eigenvalue weighted by Crippen LogP contribution is 2.16. The maximum absolute atomic E-state index is 12.7. The van der Waals surface area contributed by atoms with Gasteiger partial charge in [0, 0.05) is 19.3 Å². The smallest absolute Gasteiger partial charge is 0.306 e. The third-order valence-electron chi connectivity index (χ3n) is 10.5. The average molecular weight is 816 g/mol. The number of carboxylic acid groups (broad SMARTS) is 1. The molecule has 0 aromatic heterocycles. The highest BCUT2D eigenvalue weighted by atomic mass is 16.6. The van der Waals surface area contributed by atoms with E-state index in [-0.39, 0.29) is 43.1 Å². The Kier molecular flexibility index (Phi) is 39.1. The van der Waals surface area contributed by atoms with Crippen LogP contribution in [0.1, 0.15) is 200 Å². The summed E-state index contributed by atoms with van der Waals surface area (Å²) in [5.41, 5.74) is 0. The Balaban J connectivity index is 4.27. The van der Waals surface area contributed by atoms with E-state index in [1.165, 1.54) is 116 Å². The topological polar surface area (TPSA) is 102 Å². The molecule has 0 aromatic rings. The lowest BCUT2D eigenvalue weighted by atomic mass is 10.0. The quantitative estimate of drug-likeness (QED) is 0.0262. The molecule has 0 aliphatic carbocycles. The van der Waals surface area contributed by atoms with Crippen molar-refractivity contribution in [1.29, 1.82) is 0 Å². The second kappa shape index (κ2) is 41.0. The summed E-state index contributed by atoms with van der Waals surface area (Å²) in [6, 6.07) is -0.737. The number of likely N-dealkylation sites (N-methyl/N-ethyl adjacent to an activating group) is 1. The third kappa shape index (κ3) is 38.8. The lowest BCUT2D eigenvalue weighted by Gasteiger charge is -2.34. The molecule has 0 radical (unpaired) electrons. The number of rotatable bonds is 42. The molecule has 0 spiro atoms. The lowest BCUT2D eigenvalue weighted by Crippen LogP contribution is -2.55. The van der Waals surface area contributed by atoms with E-state index in [2.05, 4.69) is 50.3 Å². The van der Waals surface area contributed by atoms with E-state index in [4.69, 9.17) is 14.2 Å². The van der Waals surface area contributed by atoms with Gasteiger partial charge in [-0.1, -0.05) is 191 Å². The van der Waals surface area contributed by atoms with Crippen LogP contribution >= 0.6 is 0 Å². The second-order valence-corrected chi connectivity index (χ2v) is 17.0. The molecular weight excluding hydrogens is 727 g/mol. The fourth-order valence-corrected chi connectivity index (χ4v) is 6.85. The average Bonchev–Trinajstić information content (AvgIpc) is 3.18. The molecule has 0 saturated carbocycles. The minimum absolute atomic E-state index is 0.0132. The van der Waals surface area contributed by atoms with Crippen molar-refractivity contribution in [2.75, 3.05) is 41.0 Å². The molecule has 336 valence electrons. The van der Waals surface area contributed by atoms with Crippen LogP contribution in [0.15, 0.2) is 48.6 Å². The molecule has 0 fully saturated rings. The number of allylic oxidation sites excluding steroid dienone is 8. The number of esters is 2. The Hall–Kier alpha value is -2.71. The van der Waals surface area contributed by atoms with E-state index >= 15 is 0 Å². The van der Waals surface area contributed by atoms with E-state index in [1.807, 2.05) is 12.2 Å². The van der Waals surface area contributed by atoms with E-state index in [0.717, 1.165) is 44.9 Å². The first kappa shape index (κ1) is 55.3. The van der Waals surface area contributed by atoms with Crippen molar-refractivity contribution in [3.63, 3.8) is 0 Å². The molecule has 0 aliphatic rings. The van der Waals surface area contributed by atoms with Crippen LogP contribution in [-0.2, 0) is 28.6 Å². The van der Waals surface area contributed by atoms with Crippen LogP contribution in [0.3, 0.4) is 0 Å². The molecule has 0 saturated heterocycles. The van der Waals surface area contributed by atoms with E-state index < -0.39 is 24.1 Å². The first-order valence-corrected chi connectivity index (χ1v) is 23.7. The molecule has 0 N–H and O–H groups in total. The van der Waals surface area contributed by atoms with Crippen molar-refractivity contribution in [3.8, 4) is 0 Å². The van der Waals surface area contributed by atoms with Crippen LogP contribution in [0.25, 0.3) is 0 Å². The SMILES string of the molecule is CC/C=C\C/C=C\C/C=C\C/C=C\CCC(=O)OC(COCCC(C(=O)[O-])[N+](C)(C)C)COC(=O)CCCCCCCCCCCCCCCCCCCCCCC. The lowest BCUT2D eigenvalue weighted by molar-refractivity contribution is -0.889. The first-order chi connectivity index (χ1) is 28.1. The molecule has 58 heavy (non-hydrogen) atoms. The third-order valence-corrected chi connectivity index (χ3v) is 10.5. The summed E-state index contributed by atoms with van der Waals surface area (Å²) in [5, 5.41) is 11.6. The van der Waals surface area contributed by atoms with Gasteiger partial charge in [0.25, 0.3) is 0 Å². The zero-order valence-corrected chi connectivity index (χ0v) is 38.2. The molecule has 0 heterocycles. The van der Waals surface area contributed by atoms with Crippen LogP contribution in [-0.4, -0.2) is 75.5 Å². The molecule has 0 bridgehead atoms. The van der Waals surface area contributed by atoms with E-state index in [1.54, 1.807) is 21.1 Å². The number of aliphatic carboxylic acids is 1. The van der Waals surface area contributed by atoms with Gasteiger partial charge in [-0.15, -0.1) is 0 Å². The van der Waals surface area contributed by atoms with E-state index in [0.29, 0.717) is 12.8 Å². The van der Waals surface area contributed by atoms with Crippen molar-refractivity contribution in [1.82, 2.24) is 0 Å². The first-order valence-electron chi connectivity index (χ1n) is 23.7. The number of nitrogens with zero attached hydrogens (tertiary/aromatic N) is 1. The minimum atomic E-state index is -1.14. The molecular formula is C50H89NO7. The fourth-order valence-electron chi connectivity index (χ4n) is 6.85. The summed E-state index contributed by atoms with van der Waals surface area (Å²) in [6.45, 7) is 4.48. The largest absolute Gasteiger partial charge is 0.544 e. The molecule has 0 aliphatic heterocycles. The van der Waals surface area contributed by atoms with Crippen LogP contribution < -0.4 is 5.11 Å². The molecule has 0 rings (SSSR count). The van der Waals surface area contributed by atoms with Gasteiger partial charge in [-0.3, -0.25) is 9.59 Å². The second-order valence-electron chi connectivity index (χ2n) is 17.0. The Morgan fingerprint density at radius 2 is 0.966 bits per heavy atom. The van der Waals surface area contributed by atoms with Crippen molar-refractivity contribution in [2.45, 2.75) is 212 Å². The number of carbonyl (C=O) groups is 3. The fraction of sp³-hybridized carbons (Fsp3) is 0.780. The number of hydrogen-bond donors (Lipinski definition) is 0. The van der Waals surface area contributed by atoms with Gasteiger partial charge in [0.05, 0.1) is 40.3 Å². The maximum Gasteiger partial charge on any atom is 0.306 e. The van der Waals surface area contributed by atoms with Gasteiger partial charge in [0.2, 0.25) is 0 Å². The summed E-state index contributed by atoms with van der Waals surface area (Å²) in [4.78, 5) is 36.8. The highest BCUT2D eigenvalue weighted by Gasteiger charge is 2.25. The minimum Gasteiger partial charge on any atom is -0.544 e. The Morgan fingerprint density at radius 1 is 0.534 bits per heavy atom. The van der Waals surface area contributed by atoms with Gasteiger partial charge in [0.15, 0.2) is 6.10 Å². The van der Waals surface area contributed by atoms with Gasteiger partial charge in [-0.2, -0.15) is 0 Å². The van der Waals surface area contributed by atoms with Gasteiger partial charge in [-0.25, -0.2) is 0 Å². The molecule has 0 aromatic carbocycles. The van der Waals surface area contributed by atoms with Gasteiger partial charge in [0.1, 0.15) is 12.6 Å². The summed E-state index contributed by atoms with van der Waals surface area (Å²) in [6.07, 6.45) is 48.8. The van der Waals surface area contributed by atoms with Crippen LogP contribution in [0.5, 0.6) is 0 Å². The molecule has 2 unspecified atom stereocenters. The predicted molar refractivity (Wildman–Crippen MR) is 240 cm³/mol. The van der Waals surface area contributed by atoms with Gasteiger partial charge >= 0.3 is 11.9 Å². The van der Waals surface area contributed by atoms with Crippen LogP contribution in [0.4, 0.5) is 0 Å². The number of quaternary nitrogens is 1. The van der Waals surface area contributed by atoms with Crippen molar-refractivity contribution < 1.29 is 38.2 Å². The van der Waals surface area contributed by atoms with Crippen LogP contribution in [0.2, 0.25) is 0 Å². The van der Waals surface area contributed by atoms with Crippen molar-refractivity contribution in [2.24, 2.45) is 0 Å². The summed E-state index contributed by atoms with van der Waals surface area (Å²) in [7, 11) is 5.38. The Morgan fingerprint density at radius 3 is 1.40 bits per heavy atom. The molecule has 8 heteroatoms. The predicted octanol–water partition coefficient (Wildman–Crippen LogP) is 11.9. The number of carbonyl (C=O) groups excluding carboxylic acids is 3.